The van der Waals surface area contributed by atoms with Crippen molar-refractivity contribution in [2.45, 2.75) is 25.8 Å². The summed E-state index contributed by atoms with van der Waals surface area (Å²) in [4.78, 5) is 1.99. The Balaban J connectivity index is 0.00000144. The summed E-state index contributed by atoms with van der Waals surface area (Å²) in [6, 6.07) is 0.528. The third-order valence-corrected chi connectivity index (χ3v) is 2.20. The van der Waals surface area contributed by atoms with E-state index in [4.69, 9.17) is 5.41 Å². The van der Waals surface area contributed by atoms with E-state index in [-0.39, 0.29) is 1.43 Å². The molecule has 1 fully saturated rings. The van der Waals surface area contributed by atoms with Crippen molar-refractivity contribution in [3.05, 3.63) is 12.3 Å². The number of piperidine rings is 1. The van der Waals surface area contributed by atoms with Crippen LogP contribution in [0.2, 0.25) is 0 Å². The van der Waals surface area contributed by atoms with Gasteiger partial charge in [0.2, 0.25) is 0 Å². The number of allylic oxidation sites excluding steroid dienone is 1. The first-order valence-electron chi connectivity index (χ1n) is 4.50. The lowest BCUT2D eigenvalue weighted by molar-refractivity contribution is 0.316. The highest BCUT2D eigenvalue weighted by molar-refractivity contribution is 5.53. The van der Waals surface area contributed by atoms with Crippen LogP contribution in [0.1, 0.15) is 21.2 Å². The van der Waals surface area contributed by atoms with Crippen molar-refractivity contribution in [1.29, 1.82) is 5.41 Å². The third kappa shape index (κ3) is 2.34. The van der Waals surface area contributed by atoms with Gasteiger partial charge in [-0.05, 0) is 32.9 Å². The monoisotopic (exact) mass is 169 g/mol. The minimum atomic E-state index is 0. The molecule has 3 heteroatoms. The van der Waals surface area contributed by atoms with Crippen molar-refractivity contribution >= 4 is 6.34 Å². The SMILES string of the molecule is C/C=C/N(C=N)C1CCNCC1.[HH]. The second-order valence-corrected chi connectivity index (χ2v) is 3.04. The summed E-state index contributed by atoms with van der Waals surface area (Å²) < 4.78 is 0. The van der Waals surface area contributed by atoms with Gasteiger partial charge in [-0.3, -0.25) is 5.41 Å². The zero-order valence-electron chi connectivity index (χ0n) is 7.59. The van der Waals surface area contributed by atoms with E-state index in [1.165, 1.54) is 6.34 Å². The van der Waals surface area contributed by atoms with Gasteiger partial charge >= 0.3 is 0 Å². The molecule has 0 amide bonds. The maximum Gasteiger partial charge on any atom is 0.0859 e. The highest BCUT2D eigenvalue weighted by Crippen LogP contribution is 2.09. The van der Waals surface area contributed by atoms with Gasteiger partial charge in [-0.25, -0.2) is 0 Å². The van der Waals surface area contributed by atoms with E-state index in [1.807, 2.05) is 24.1 Å². The van der Waals surface area contributed by atoms with Crippen molar-refractivity contribution in [3.63, 3.8) is 0 Å². The van der Waals surface area contributed by atoms with Crippen molar-refractivity contribution < 1.29 is 1.43 Å². The molecule has 0 spiro atoms. The Hall–Kier alpha value is -0.830. The van der Waals surface area contributed by atoms with Crippen LogP contribution in [-0.4, -0.2) is 30.4 Å². The van der Waals surface area contributed by atoms with Gasteiger partial charge in [0.05, 0.1) is 6.34 Å². The maximum atomic E-state index is 7.23. The molecule has 0 atom stereocenters. The highest BCUT2D eigenvalue weighted by atomic mass is 15.2. The molecule has 0 saturated carbocycles. The van der Waals surface area contributed by atoms with Gasteiger partial charge in [0, 0.05) is 13.7 Å². The maximum absolute atomic E-state index is 7.23. The average molecular weight is 169 g/mol. The Morgan fingerprint density at radius 3 is 2.67 bits per heavy atom. The van der Waals surface area contributed by atoms with Crippen LogP contribution in [0.5, 0.6) is 0 Å². The quantitative estimate of drug-likeness (QED) is 0.495. The van der Waals surface area contributed by atoms with Gasteiger partial charge in [-0.15, -0.1) is 0 Å². The summed E-state index contributed by atoms with van der Waals surface area (Å²) in [5, 5.41) is 10.5. The second kappa shape index (κ2) is 4.93. The lowest BCUT2D eigenvalue weighted by Gasteiger charge is -2.30. The predicted molar refractivity (Wildman–Crippen MR) is 53.4 cm³/mol. The Morgan fingerprint density at radius 2 is 2.17 bits per heavy atom. The number of hydrogen-bond acceptors (Lipinski definition) is 2. The topological polar surface area (TPSA) is 39.1 Å². The first kappa shape index (κ1) is 9.26. The van der Waals surface area contributed by atoms with E-state index in [0.717, 1.165) is 25.9 Å². The van der Waals surface area contributed by atoms with E-state index < -0.39 is 0 Å². The fraction of sp³-hybridized carbons (Fsp3) is 0.667. The molecule has 1 rings (SSSR count). The van der Waals surface area contributed by atoms with Crippen molar-refractivity contribution in [3.8, 4) is 0 Å². The third-order valence-electron chi connectivity index (χ3n) is 2.20. The molecular formula is C9H19N3. The molecule has 0 radical (unpaired) electrons. The summed E-state index contributed by atoms with van der Waals surface area (Å²) in [6.07, 6.45) is 7.64. The van der Waals surface area contributed by atoms with Crippen molar-refractivity contribution in [1.82, 2.24) is 10.2 Å². The van der Waals surface area contributed by atoms with E-state index in [1.54, 1.807) is 0 Å². The van der Waals surface area contributed by atoms with Crippen LogP contribution in [0.4, 0.5) is 0 Å². The van der Waals surface area contributed by atoms with Crippen LogP contribution >= 0.6 is 0 Å². The molecule has 0 aliphatic carbocycles. The largest absolute Gasteiger partial charge is 0.337 e. The lowest BCUT2D eigenvalue weighted by Crippen LogP contribution is -2.39. The molecule has 1 heterocycles. The fourth-order valence-corrected chi connectivity index (χ4v) is 1.55. The molecule has 0 aromatic heterocycles. The minimum absolute atomic E-state index is 0. The van der Waals surface area contributed by atoms with Crippen LogP contribution in [0, 0.1) is 5.41 Å². The molecule has 12 heavy (non-hydrogen) atoms. The van der Waals surface area contributed by atoms with Gasteiger partial charge in [-0.2, -0.15) is 0 Å². The Labute approximate surface area is 75.4 Å². The van der Waals surface area contributed by atoms with Crippen molar-refractivity contribution in [2.75, 3.05) is 13.1 Å². The zero-order valence-corrected chi connectivity index (χ0v) is 7.59. The zero-order chi connectivity index (χ0) is 8.81. The lowest BCUT2D eigenvalue weighted by atomic mass is 10.1. The molecular weight excluding hydrogens is 150 g/mol. The number of hydrogen-bond donors (Lipinski definition) is 2. The van der Waals surface area contributed by atoms with Gasteiger partial charge in [0.25, 0.3) is 0 Å². The predicted octanol–water partition coefficient (Wildman–Crippen LogP) is 1.43. The Morgan fingerprint density at radius 1 is 1.50 bits per heavy atom. The minimum Gasteiger partial charge on any atom is -0.337 e. The molecule has 0 bridgehead atoms. The molecule has 70 valence electrons. The molecule has 1 aliphatic rings. The average Bonchev–Trinajstić information content (AvgIpc) is 2.15. The number of nitrogens with one attached hydrogen (secondary N) is 2. The van der Waals surface area contributed by atoms with Gasteiger partial charge < -0.3 is 10.2 Å². The summed E-state index contributed by atoms with van der Waals surface area (Å²) in [6.45, 7) is 4.14. The first-order chi connectivity index (χ1) is 5.88. The molecule has 0 unspecified atom stereocenters. The van der Waals surface area contributed by atoms with Gasteiger partial charge in [0.15, 0.2) is 0 Å². The van der Waals surface area contributed by atoms with Crippen LogP contribution in [0.25, 0.3) is 0 Å². The Kier molecular flexibility index (Phi) is 3.80. The summed E-state index contributed by atoms with van der Waals surface area (Å²) >= 11 is 0. The molecule has 0 aromatic rings. The molecule has 1 saturated heterocycles. The van der Waals surface area contributed by atoms with E-state index in [2.05, 4.69) is 5.32 Å². The molecule has 0 aromatic carbocycles. The van der Waals surface area contributed by atoms with Gasteiger partial charge in [0.1, 0.15) is 0 Å². The number of rotatable bonds is 3. The summed E-state index contributed by atoms with van der Waals surface area (Å²) in [5.41, 5.74) is 0. The molecule has 3 nitrogen and oxygen atoms in total. The second-order valence-electron chi connectivity index (χ2n) is 3.04. The van der Waals surface area contributed by atoms with Crippen LogP contribution in [0.3, 0.4) is 0 Å². The summed E-state index contributed by atoms with van der Waals surface area (Å²) in [7, 11) is 0. The van der Waals surface area contributed by atoms with Gasteiger partial charge in [-0.1, -0.05) is 6.08 Å². The Bertz CT molecular complexity index is 164. The summed E-state index contributed by atoms with van der Waals surface area (Å²) in [5.74, 6) is 0. The van der Waals surface area contributed by atoms with E-state index >= 15 is 0 Å². The number of nitrogens with zero attached hydrogens (tertiary/aromatic N) is 1. The normalized spacial score (nSPS) is 19.8. The highest BCUT2D eigenvalue weighted by Gasteiger charge is 2.16. The fourth-order valence-electron chi connectivity index (χ4n) is 1.55. The van der Waals surface area contributed by atoms with E-state index in [0.29, 0.717) is 6.04 Å². The van der Waals surface area contributed by atoms with Crippen LogP contribution < -0.4 is 5.32 Å². The smallest absolute Gasteiger partial charge is 0.0859 e. The standard InChI is InChI=1S/C9H17N3.H2/c1-2-7-12(8-10)9-3-5-11-6-4-9;/h2,7-11H,3-6H2,1H3;1H/b7-2+,10-8?;. The van der Waals surface area contributed by atoms with E-state index in [9.17, 15) is 0 Å². The van der Waals surface area contributed by atoms with Crippen molar-refractivity contribution in [2.24, 2.45) is 0 Å². The first-order valence-corrected chi connectivity index (χ1v) is 4.50. The van der Waals surface area contributed by atoms with Crippen LogP contribution in [0.15, 0.2) is 12.3 Å². The molecule has 1 aliphatic heterocycles. The molecule has 2 N–H and O–H groups in total. The van der Waals surface area contributed by atoms with Crippen LogP contribution in [-0.2, 0) is 0 Å².